The lowest BCUT2D eigenvalue weighted by molar-refractivity contribution is -0.393. The van der Waals surface area contributed by atoms with Crippen molar-refractivity contribution in [1.82, 2.24) is 0 Å². The zero-order valence-electron chi connectivity index (χ0n) is 13.3. The molecule has 0 heterocycles. The topological polar surface area (TPSA) is 108 Å². The Bertz CT molecular complexity index is 744. The quantitative estimate of drug-likeness (QED) is 0.599. The molecule has 0 radical (unpaired) electrons. The van der Waals surface area contributed by atoms with Crippen LogP contribution in [0.2, 0.25) is 0 Å². The second-order valence-electron chi connectivity index (χ2n) is 5.57. The van der Waals surface area contributed by atoms with Gasteiger partial charge in [0.05, 0.1) is 22.5 Å². The van der Waals surface area contributed by atoms with E-state index in [9.17, 15) is 20.2 Å². The molecule has 126 valence electrons. The molecule has 0 amide bonds. The van der Waals surface area contributed by atoms with Crippen molar-refractivity contribution in [2.45, 2.75) is 13.8 Å². The molecule has 0 spiro atoms. The van der Waals surface area contributed by atoms with Gasteiger partial charge in [0.25, 0.3) is 11.4 Å². The number of non-ortho nitro benzene ring substituents is 1. The Morgan fingerprint density at radius 2 is 1.71 bits per heavy atom. The lowest BCUT2D eigenvalue weighted by atomic mass is 10.2. The van der Waals surface area contributed by atoms with Crippen LogP contribution < -0.4 is 10.1 Å². The van der Waals surface area contributed by atoms with Crippen LogP contribution in [0.1, 0.15) is 13.8 Å². The van der Waals surface area contributed by atoms with Gasteiger partial charge in [-0.05, 0) is 36.2 Å². The first-order valence-corrected chi connectivity index (χ1v) is 7.29. The third kappa shape index (κ3) is 4.42. The number of hydrogen-bond acceptors (Lipinski definition) is 6. The number of ether oxygens (including phenoxy) is 1. The average molecular weight is 331 g/mol. The number of nitrogens with zero attached hydrogens (tertiary/aromatic N) is 2. The monoisotopic (exact) mass is 331 g/mol. The highest BCUT2D eigenvalue weighted by Gasteiger charge is 2.19. The van der Waals surface area contributed by atoms with Crippen LogP contribution in [-0.4, -0.2) is 16.5 Å². The van der Waals surface area contributed by atoms with E-state index in [1.165, 1.54) is 12.1 Å². The van der Waals surface area contributed by atoms with Crippen molar-refractivity contribution in [3.05, 3.63) is 62.7 Å². The Morgan fingerprint density at radius 3 is 2.25 bits per heavy atom. The Hall–Kier alpha value is -3.16. The summed E-state index contributed by atoms with van der Waals surface area (Å²) in [7, 11) is 0. The minimum Gasteiger partial charge on any atom is -0.493 e. The van der Waals surface area contributed by atoms with E-state index in [1.807, 2.05) is 13.8 Å². The molecule has 0 saturated carbocycles. The number of hydrogen-bond donors (Lipinski definition) is 1. The van der Waals surface area contributed by atoms with E-state index >= 15 is 0 Å². The van der Waals surface area contributed by atoms with Crippen molar-refractivity contribution in [2.75, 3.05) is 11.9 Å². The molecular formula is C16H17N3O5. The van der Waals surface area contributed by atoms with Gasteiger partial charge in [0.1, 0.15) is 11.4 Å². The molecule has 8 nitrogen and oxygen atoms in total. The van der Waals surface area contributed by atoms with Crippen molar-refractivity contribution in [3.63, 3.8) is 0 Å². The van der Waals surface area contributed by atoms with Crippen LogP contribution in [0.15, 0.2) is 42.5 Å². The van der Waals surface area contributed by atoms with Gasteiger partial charge < -0.3 is 10.1 Å². The highest BCUT2D eigenvalue weighted by molar-refractivity contribution is 5.71. The molecule has 0 atom stereocenters. The van der Waals surface area contributed by atoms with Gasteiger partial charge >= 0.3 is 0 Å². The van der Waals surface area contributed by atoms with Gasteiger partial charge in [0, 0.05) is 11.8 Å². The molecule has 8 heteroatoms. The molecule has 0 bridgehead atoms. The SMILES string of the molecule is CC(C)COc1ccc(Nc2ccc([N+](=O)[O-])cc2[N+](=O)[O-])cc1. The highest BCUT2D eigenvalue weighted by atomic mass is 16.6. The van der Waals surface area contributed by atoms with E-state index in [1.54, 1.807) is 24.3 Å². The molecule has 0 aliphatic heterocycles. The number of nitro benzene ring substituents is 2. The fourth-order valence-corrected chi connectivity index (χ4v) is 1.94. The van der Waals surface area contributed by atoms with Gasteiger partial charge in [-0.25, -0.2) is 0 Å². The fraction of sp³-hybridized carbons (Fsp3) is 0.250. The fourth-order valence-electron chi connectivity index (χ4n) is 1.94. The number of nitrogens with one attached hydrogen (secondary N) is 1. The van der Waals surface area contributed by atoms with Gasteiger partial charge in [-0.1, -0.05) is 13.8 Å². The van der Waals surface area contributed by atoms with Crippen molar-refractivity contribution < 1.29 is 14.6 Å². The maximum absolute atomic E-state index is 11.1. The first kappa shape index (κ1) is 17.2. The Kier molecular flexibility index (Phi) is 5.31. The molecule has 2 aromatic carbocycles. The van der Waals surface area contributed by atoms with Gasteiger partial charge in [-0.2, -0.15) is 0 Å². The normalized spacial score (nSPS) is 10.5. The van der Waals surface area contributed by atoms with Gasteiger partial charge in [-0.3, -0.25) is 20.2 Å². The predicted octanol–water partition coefficient (Wildman–Crippen LogP) is 4.28. The average Bonchev–Trinajstić information content (AvgIpc) is 2.54. The van der Waals surface area contributed by atoms with Crippen LogP contribution in [-0.2, 0) is 0 Å². The van der Waals surface area contributed by atoms with Crippen LogP contribution in [0.4, 0.5) is 22.7 Å². The van der Waals surface area contributed by atoms with Gasteiger partial charge in [0.15, 0.2) is 0 Å². The summed E-state index contributed by atoms with van der Waals surface area (Å²) in [6.45, 7) is 4.69. The summed E-state index contributed by atoms with van der Waals surface area (Å²) in [4.78, 5) is 20.5. The summed E-state index contributed by atoms with van der Waals surface area (Å²) >= 11 is 0. The van der Waals surface area contributed by atoms with Gasteiger partial charge in [-0.15, -0.1) is 0 Å². The van der Waals surface area contributed by atoms with E-state index in [-0.39, 0.29) is 17.1 Å². The summed E-state index contributed by atoms with van der Waals surface area (Å²) in [5, 5.41) is 24.7. The Labute approximate surface area is 138 Å². The van der Waals surface area contributed by atoms with Crippen LogP contribution in [0.5, 0.6) is 5.75 Å². The first-order chi connectivity index (χ1) is 11.4. The minimum atomic E-state index is -0.669. The van der Waals surface area contributed by atoms with E-state index in [0.29, 0.717) is 24.0 Å². The molecule has 0 aliphatic rings. The highest BCUT2D eigenvalue weighted by Crippen LogP contribution is 2.31. The molecule has 24 heavy (non-hydrogen) atoms. The molecule has 2 aromatic rings. The summed E-state index contributed by atoms with van der Waals surface area (Å²) in [6.07, 6.45) is 0. The van der Waals surface area contributed by atoms with E-state index in [4.69, 9.17) is 4.74 Å². The molecule has 0 unspecified atom stereocenters. The predicted molar refractivity (Wildman–Crippen MR) is 89.8 cm³/mol. The molecule has 0 aromatic heterocycles. The Morgan fingerprint density at radius 1 is 1.04 bits per heavy atom. The van der Waals surface area contributed by atoms with Crippen LogP contribution in [0.25, 0.3) is 0 Å². The second kappa shape index (κ2) is 7.40. The third-order valence-corrected chi connectivity index (χ3v) is 3.11. The van der Waals surface area contributed by atoms with Crippen LogP contribution in [0, 0.1) is 26.1 Å². The smallest absolute Gasteiger partial charge is 0.299 e. The van der Waals surface area contributed by atoms with Crippen molar-refractivity contribution in [3.8, 4) is 5.75 Å². The van der Waals surface area contributed by atoms with Crippen molar-refractivity contribution >= 4 is 22.7 Å². The van der Waals surface area contributed by atoms with E-state index < -0.39 is 9.85 Å². The molecule has 0 saturated heterocycles. The summed E-state index contributed by atoms with van der Waals surface area (Å²) in [6, 6.07) is 10.4. The lowest BCUT2D eigenvalue weighted by Crippen LogP contribution is -2.04. The van der Waals surface area contributed by atoms with Gasteiger partial charge in [0.2, 0.25) is 0 Å². The summed E-state index contributed by atoms with van der Waals surface area (Å²) < 4.78 is 5.57. The molecule has 0 aliphatic carbocycles. The second-order valence-corrected chi connectivity index (χ2v) is 5.57. The van der Waals surface area contributed by atoms with Crippen LogP contribution in [0.3, 0.4) is 0 Å². The first-order valence-electron chi connectivity index (χ1n) is 7.29. The third-order valence-electron chi connectivity index (χ3n) is 3.11. The summed E-state index contributed by atoms with van der Waals surface area (Å²) in [5.41, 5.74) is 0.110. The number of nitro groups is 2. The maximum atomic E-state index is 11.1. The molecular weight excluding hydrogens is 314 g/mol. The van der Waals surface area contributed by atoms with E-state index in [2.05, 4.69) is 5.32 Å². The standard InChI is InChI=1S/C16H17N3O5/c1-11(2)10-24-14-6-3-12(4-7-14)17-15-8-5-13(18(20)21)9-16(15)19(22)23/h3-9,11,17H,10H2,1-2H3. The largest absolute Gasteiger partial charge is 0.493 e. The molecule has 1 N–H and O–H groups in total. The minimum absolute atomic E-state index is 0.182. The Balaban J connectivity index is 2.18. The molecule has 2 rings (SSSR count). The van der Waals surface area contributed by atoms with Crippen LogP contribution >= 0.6 is 0 Å². The number of benzene rings is 2. The lowest BCUT2D eigenvalue weighted by Gasteiger charge is -2.10. The zero-order valence-corrected chi connectivity index (χ0v) is 13.3. The zero-order chi connectivity index (χ0) is 17.7. The van der Waals surface area contributed by atoms with Crippen molar-refractivity contribution in [2.24, 2.45) is 5.92 Å². The number of rotatable bonds is 7. The van der Waals surface area contributed by atoms with Crippen molar-refractivity contribution in [1.29, 1.82) is 0 Å². The summed E-state index contributed by atoms with van der Waals surface area (Å²) in [5.74, 6) is 1.11. The maximum Gasteiger partial charge on any atom is 0.299 e. The molecule has 0 fully saturated rings. The van der Waals surface area contributed by atoms with E-state index in [0.717, 1.165) is 6.07 Å². The number of anilines is 2.